The fraction of sp³-hybridized carbons (Fsp3) is 0.294. The van der Waals surface area contributed by atoms with Crippen LogP contribution >= 0.6 is 0 Å². The maximum absolute atomic E-state index is 9.85. The largest absolute Gasteiger partial charge is 0.394 e. The summed E-state index contributed by atoms with van der Waals surface area (Å²) >= 11 is 0. The fourth-order valence-electron chi connectivity index (χ4n) is 2.31. The van der Waals surface area contributed by atoms with E-state index in [1.807, 2.05) is 36.4 Å². The number of hydrogen-bond acceptors (Lipinski definition) is 2. The molecule has 0 saturated carbocycles. The zero-order valence-corrected chi connectivity index (χ0v) is 11.3. The van der Waals surface area contributed by atoms with E-state index in [1.54, 1.807) is 0 Å². The van der Waals surface area contributed by atoms with Gasteiger partial charge >= 0.3 is 0 Å². The highest BCUT2D eigenvalue weighted by Crippen LogP contribution is 2.24. The normalized spacial score (nSPS) is 14.0. The molecule has 0 spiro atoms. The van der Waals surface area contributed by atoms with Crippen LogP contribution in [-0.2, 0) is 12.1 Å². The van der Waals surface area contributed by atoms with Crippen molar-refractivity contribution in [3.63, 3.8) is 0 Å². The smallest absolute Gasteiger partial charge is 0.0669 e. The molecule has 2 nitrogen and oxygen atoms in total. The number of rotatable bonds is 6. The van der Waals surface area contributed by atoms with E-state index < -0.39 is 0 Å². The lowest BCUT2D eigenvalue weighted by Gasteiger charge is -2.33. The average Bonchev–Trinajstić information content (AvgIpc) is 2.51. The van der Waals surface area contributed by atoms with Crippen molar-refractivity contribution in [1.29, 1.82) is 0 Å². The maximum Gasteiger partial charge on any atom is 0.0669 e. The second-order valence-corrected chi connectivity index (χ2v) is 4.80. The highest BCUT2D eigenvalue weighted by atomic mass is 16.3. The zero-order chi connectivity index (χ0) is 13.6. The number of aliphatic hydroxyl groups is 1. The molecular formula is C17H21NO. The molecule has 2 rings (SSSR count). The Kier molecular flexibility index (Phi) is 4.72. The van der Waals surface area contributed by atoms with Crippen LogP contribution in [0.5, 0.6) is 0 Å². The summed E-state index contributed by atoms with van der Waals surface area (Å²) in [4.78, 5) is 0. The molecule has 2 aromatic carbocycles. The highest BCUT2D eigenvalue weighted by molar-refractivity contribution is 5.25. The van der Waals surface area contributed by atoms with Gasteiger partial charge in [-0.1, -0.05) is 67.6 Å². The van der Waals surface area contributed by atoms with Gasteiger partial charge in [0.2, 0.25) is 0 Å². The van der Waals surface area contributed by atoms with Crippen molar-refractivity contribution in [3.8, 4) is 0 Å². The van der Waals surface area contributed by atoms with Crippen LogP contribution < -0.4 is 5.32 Å². The van der Waals surface area contributed by atoms with Gasteiger partial charge in [0.25, 0.3) is 0 Å². The molecule has 2 heteroatoms. The van der Waals surface area contributed by atoms with Crippen LogP contribution in [0.3, 0.4) is 0 Å². The Balaban J connectivity index is 2.16. The number of nitrogens with one attached hydrogen (secondary N) is 1. The Bertz CT molecular complexity index is 477. The third-order valence-electron chi connectivity index (χ3n) is 3.67. The Morgan fingerprint density at radius 3 is 2.05 bits per heavy atom. The lowest BCUT2D eigenvalue weighted by Crippen LogP contribution is -2.44. The predicted molar refractivity (Wildman–Crippen MR) is 78.8 cm³/mol. The molecule has 0 aliphatic heterocycles. The topological polar surface area (TPSA) is 32.3 Å². The van der Waals surface area contributed by atoms with Crippen LogP contribution in [0.25, 0.3) is 0 Å². The van der Waals surface area contributed by atoms with E-state index in [-0.39, 0.29) is 12.1 Å². The fourth-order valence-corrected chi connectivity index (χ4v) is 2.31. The zero-order valence-electron chi connectivity index (χ0n) is 11.3. The molecular weight excluding hydrogens is 234 g/mol. The van der Waals surface area contributed by atoms with Gasteiger partial charge < -0.3 is 10.4 Å². The van der Waals surface area contributed by atoms with Gasteiger partial charge in [-0.2, -0.15) is 0 Å². The monoisotopic (exact) mass is 255 g/mol. The molecule has 1 atom stereocenters. The Morgan fingerprint density at radius 2 is 1.53 bits per heavy atom. The number of hydrogen-bond donors (Lipinski definition) is 2. The standard InChI is InChI=1S/C17H21NO/c1-2-17(14-19,16-11-7-4-8-12-16)18-13-15-9-5-3-6-10-15/h3-12,18-19H,2,13-14H2,1H3/t17-/m1/s1. The van der Waals surface area contributed by atoms with Crippen molar-refractivity contribution in [3.05, 3.63) is 71.8 Å². The molecule has 100 valence electrons. The second-order valence-electron chi connectivity index (χ2n) is 4.80. The van der Waals surface area contributed by atoms with Crippen LogP contribution in [0.15, 0.2) is 60.7 Å². The molecule has 0 fully saturated rings. The quantitative estimate of drug-likeness (QED) is 0.831. The molecule has 0 aliphatic carbocycles. The van der Waals surface area contributed by atoms with Gasteiger partial charge in [-0.3, -0.25) is 0 Å². The minimum Gasteiger partial charge on any atom is -0.394 e. The summed E-state index contributed by atoms with van der Waals surface area (Å²) in [7, 11) is 0. The van der Waals surface area contributed by atoms with Crippen LogP contribution in [0.2, 0.25) is 0 Å². The van der Waals surface area contributed by atoms with Gasteiger partial charge in [0, 0.05) is 6.54 Å². The van der Waals surface area contributed by atoms with Gasteiger partial charge in [-0.15, -0.1) is 0 Å². The third kappa shape index (κ3) is 3.22. The van der Waals surface area contributed by atoms with Gasteiger partial charge in [-0.05, 0) is 17.5 Å². The van der Waals surface area contributed by atoms with E-state index in [2.05, 4.69) is 36.5 Å². The predicted octanol–water partition coefficient (Wildman–Crippen LogP) is 3.07. The SMILES string of the molecule is CC[C@](CO)(NCc1ccccc1)c1ccccc1. The van der Waals surface area contributed by atoms with E-state index >= 15 is 0 Å². The Labute approximate surface area is 115 Å². The average molecular weight is 255 g/mol. The Morgan fingerprint density at radius 1 is 0.947 bits per heavy atom. The molecule has 0 radical (unpaired) electrons. The lowest BCUT2D eigenvalue weighted by molar-refractivity contribution is 0.154. The molecule has 0 aromatic heterocycles. The van der Waals surface area contributed by atoms with Crippen molar-refractivity contribution >= 4 is 0 Å². The maximum atomic E-state index is 9.85. The van der Waals surface area contributed by atoms with Crippen LogP contribution in [0, 0.1) is 0 Å². The minimum absolute atomic E-state index is 0.0976. The van der Waals surface area contributed by atoms with Crippen molar-refractivity contribution < 1.29 is 5.11 Å². The van der Waals surface area contributed by atoms with Gasteiger partial charge in [0.15, 0.2) is 0 Å². The van der Waals surface area contributed by atoms with Gasteiger partial charge in [0.05, 0.1) is 12.1 Å². The van der Waals surface area contributed by atoms with Crippen molar-refractivity contribution in [2.75, 3.05) is 6.61 Å². The van der Waals surface area contributed by atoms with Crippen molar-refractivity contribution in [1.82, 2.24) is 5.32 Å². The summed E-state index contributed by atoms with van der Waals surface area (Å²) in [6.45, 7) is 2.95. The summed E-state index contributed by atoms with van der Waals surface area (Å²) in [6, 6.07) is 20.4. The first-order valence-electron chi connectivity index (χ1n) is 6.76. The first-order chi connectivity index (χ1) is 9.30. The summed E-state index contributed by atoms with van der Waals surface area (Å²) < 4.78 is 0. The van der Waals surface area contributed by atoms with Crippen LogP contribution in [0.1, 0.15) is 24.5 Å². The third-order valence-corrected chi connectivity index (χ3v) is 3.67. The number of benzene rings is 2. The minimum atomic E-state index is -0.364. The van der Waals surface area contributed by atoms with E-state index in [4.69, 9.17) is 0 Å². The molecule has 0 unspecified atom stereocenters. The first kappa shape index (κ1) is 13.8. The molecule has 0 bridgehead atoms. The van der Waals surface area contributed by atoms with Crippen LogP contribution in [0.4, 0.5) is 0 Å². The molecule has 0 aliphatic rings. The second kappa shape index (κ2) is 6.50. The number of aliphatic hydroxyl groups excluding tert-OH is 1. The van der Waals surface area contributed by atoms with E-state index in [1.165, 1.54) is 5.56 Å². The summed E-state index contributed by atoms with van der Waals surface area (Å²) in [5, 5.41) is 13.4. The highest BCUT2D eigenvalue weighted by Gasteiger charge is 2.28. The van der Waals surface area contributed by atoms with E-state index in [9.17, 15) is 5.11 Å². The van der Waals surface area contributed by atoms with Crippen molar-refractivity contribution in [2.45, 2.75) is 25.4 Å². The summed E-state index contributed by atoms with van der Waals surface area (Å²) in [5.74, 6) is 0. The van der Waals surface area contributed by atoms with E-state index in [0.29, 0.717) is 0 Å². The molecule has 0 amide bonds. The molecule has 19 heavy (non-hydrogen) atoms. The molecule has 0 heterocycles. The van der Waals surface area contributed by atoms with Crippen molar-refractivity contribution in [2.24, 2.45) is 0 Å². The van der Waals surface area contributed by atoms with E-state index in [0.717, 1.165) is 18.5 Å². The molecule has 2 N–H and O–H groups in total. The summed E-state index contributed by atoms with van der Waals surface area (Å²) in [6.07, 6.45) is 0.848. The summed E-state index contributed by atoms with van der Waals surface area (Å²) in [5.41, 5.74) is 2.00. The lowest BCUT2D eigenvalue weighted by atomic mass is 9.87. The van der Waals surface area contributed by atoms with Gasteiger partial charge in [0.1, 0.15) is 0 Å². The molecule has 0 saturated heterocycles. The Hall–Kier alpha value is -1.64. The van der Waals surface area contributed by atoms with Gasteiger partial charge in [-0.25, -0.2) is 0 Å². The molecule has 2 aromatic rings. The van der Waals surface area contributed by atoms with Crippen LogP contribution in [-0.4, -0.2) is 11.7 Å². The first-order valence-corrected chi connectivity index (χ1v) is 6.76.